The number of phenolic OH excluding ortho intramolecular Hbond substituents is 1. The van der Waals surface area contributed by atoms with E-state index < -0.39 is 70.1 Å². The van der Waals surface area contributed by atoms with E-state index in [4.69, 9.17) is 21.8 Å². The Morgan fingerprint density at radius 2 is 2.00 bits per heavy atom. The number of hydrogen-bond acceptors (Lipinski definition) is 9. The number of piperazine rings is 1. The molecule has 0 saturated carbocycles. The van der Waals surface area contributed by atoms with E-state index in [0.29, 0.717) is 29.9 Å². The molecule has 42 heavy (non-hydrogen) atoms. The summed E-state index contributed by atoms with van der Waals surface area (Å²) in [5.41, 5.74) is -5.58. The molecular weight excluding hydrogens is 582 g/mol. The zero-order valence-electron chi connectivity index (χ0n) is 26.0. The number of alkyl halides is 4. The molecule has 15 heteroatoms. The van der Waals surface area contributed by atoms with Crippen molar-refractivity contribution in [3.05, 3.63) is 39.3 Å². The van der Waals surface area contributed by atoms with Crippen molar-refractivity contribution in [3.63, 3.8) is 0 Å². The number of aromatic hydroxyl groups is 1. The van der Waals surface area contributed by atoms with Crippen molar-refractivity contribution in [3.8, 4) is 17.4 Å². The third-order valence-electron chi connectivity index (χ3n) is 8.31. The summed E-state index contributed by atoms with van der Waals surface area (Å²) in [6.45, 7) is -4.20. The number of anilines is 1. The Kier molecular flexibility index (Phi) is 5.49. The quantitative estimate of drug-likeness (QED) is 0.418. The van der Waals surface area contributed by atoms with Gasteiger partial charge in [0.25, 0.3) is 5.56 Å². The number of nitrogens with zero attached hydrogens (tertiary/aromatic N) is 6. The average molecular weight is 614 g/mol. The van der Waals surface area contributed by atoms with Crippen LogP contribution in [0.1, 0.15) is 43.2 Å². The number of phenols is 1. The second-order valence-electron chi connectivity index (χ2n) is 11.1. The first kappa shape index (κ1) is 23.3. The van der Waals surface area contributed by atoms with Crippen molar-refractivity contribution >= 4 is 28.3 Å². The van der Waals surface area contributed by atoms with Crippen LogP contribution >= 0.6 is 11.6 Å². The Hall–Kier alpha value is -3.23. The molecule has 4 aliphatic rings. The van der Waals surface area contributed by atoms with Gasteiger partial charge in [0.1, 0.15) is 35.4 Å². The predicted octanol–water partition coefficient (Wildman–Crippen LogP) is 3.45. The Bertz CT molecular complexity index is 1790. The Labute approximate surface area is 247 Å². The number of aromatic nitrogens is 4. The van der Waals surface area contributed by atoms with Crippen LogP contribution in [0.2, 0.25) is 5.02 Å². The summed E-state index contributed by atoms with van der Waals surface area (Å²) in [6.07, 6.45) is -4.17. The van der Waals surface area contributed by atoms with Gasteiger partial charge in [-0.1, -0.05) is 11.6 Å². The topological polar surface area (TPSA) is 109 Å². The van der Waals surface area contributed by atoms with Crippen LogP contribution in [0, 0.1) is 0 Å². The van der Waals surface area contributed by atoms with Gasteiger partial charge >= 0.3 is 12.2 Å². The molecule has 0 radical (unpaired) electrons. The van der Waals surface area contributed by atoms with Gasteiger partial charge in [-0.15, -0.1) is 0 Å². The molecule has 6 heterocycles. The summed E-state index contributed by atoms with van der Waals surface area (Å²) < 4.78 is 97.6. The summed E-state index contributed by atoms with van der Waals surface area (Å²) in [6, 6.07) is 0.916. The van der Waals surface area contributed by atoms with Crippen LogP contribution in [0.4, 0.5) is 23.4 Å². The highest BCUT2D eigenvalue weighted by molar-refractivity contribution is 6.31. The number of ether oxygens (including phenoxy) is 1. The highest BCUT2D eigenvalue weighted by Crippen LogP contribution is 2.42. The molecule has 4 aliphatic heterocycles. The lowest BCUT2D eigenvalue weighted by atomic mass is 9.95. The number of hydrogen-bond donors (Lipinski definition) is 2. The molecule has 0 aliphatic carbocycles. The largest absolute Gasteiger partial charge is 0.508 e. The third kappa shape index (κ3) is 4.63. The van der Waals surface area contributed by atoms with Crippen LogP contribution < -0.4 is 20.5 Å². The van der Waals surface area contributed by atoms with Gasteiger partial charge in [0.15, 0.2) is 0 Å². The number of rotatable bonds is 5. The second kappa shape index (κ2) is 9.91. The number of halogens is 5. The molecular formula is C27H28ClF4N7O3. The van der Waals surface area contributed by atoms with Gasteiger partial charge in [-0.3, -0.25) is 9.69 Å². The maximum Gasteiger partial charge on any atom is 0.419 e. The summed E-state index contributed by atoms with van der Waals surface area (Å²) in [4.78, 5) is 25.5. The van der Waals surface area contributed by atoms with Crippen LogP contribution in [0.5, 0.6) is 11.8 Å². The van der Waals surface area contributed by atoms with Crippen LogP contribution in [0.3, 0.4) is 0 Å². The molecule has 3 aromatic rings. The van der Waals surface area contributed by atoms with Crippen LogP contribution in [-0.4, -0.2) is 86.2 Å². The van der Waals surface area contributed by atoms with Gasteiger partial charge in [-0.2, -0.15) is 32.9 Å². The molecule has 224 valence electrons. The minimum Gasteiger partial charge on any atom is -0.508 e. The van der Waals surface area contributed by atoms with Crippen molar-refractivity contribution in [1.29, 1.82) is 0 Å². The maximum atomic E-state index is 14.7. The second-order valence-corrected chi connectivity index (χ2v) is 11.5. The van der Waals surface area contributed by atoms with Gasteiger partial charge < -0.3 is 20.1 Å². The van der Waals surface area contributed by atoms with Crippen molar-refractivity contribution in [1.82, 2.24) is 30.0 Å². The third-order valence-corrected chi connectivity index (χ3v) is 8.61. The fourth-order valence-electron chi connectivity index (χ4n) is 6.49. The van der Waals surface area contributed by atoms with E-state index in [1.165, 1.54) is 0 Å². The normalized spacial score (nSPS) is 30.6. The van der Waals surface area contributed by atoms with E-state index in [-0.39, 0.29) is 49.1 Å². The minimum atomic E-state index is -5.04. The van der Waals surface area contributed by atoms with Crippen molar-refractivity contribution < 1.29 is 32.9 Å². The lowest BCUT2D eigenvalue weighted by Gasteiger charge is -2.34. The molecule has 10 nitrogen and oxygen atoms in total. The average Bonchev–Trinajstić information content (AvgIpc) is 3.57. The first-order chi connectivity index (χ1) is 21.5. The van der Waals surface area contributed by atoms with Crippen molar-refractivity contribution in [2.24, 2.45) is 0 Å². The van der Waals surface area contributed by atoms with Gasteiger partial charge in [0.05, 0.1) is 30.6 Å². The summed E-state index contributed by atoms with van der Waals surface area (Å²) in [7, 11) is 0. The molecule has 1 aromatic carbocycles. The molecule has 0 amide bonds. The molecule has 7 rings (SSSR count). The standard InChI is InChI=1S/C27H28ClF4N7O3/c28-19-6-17(40)7-20(21(19)27(30,31)32)39-24(41)22-18(9-33-39)23(37-11-15-2-3-16(12-37)34-15)36-25(35-22)42-13-26-4-1-5-38(26)10-14(29)8-26/h6-7,9,14-16,34,40H,1-5,8,10-13H2/t14-,15-,16+,26+/m1/s1/i5D2,13D2. The van der Waals surface area contributed by atoms with E-state index in [9.17, 15) is 27.5 Å². The minimum absolute atomic E-state index is 0.0653. The zero-order chi connectivity index (χ0) is 33.0. The highest BCUT2D eigenvalue weighted by atomic mass is 35.5. The first-order valence-corrected chi connectivity index (χ1v) is 13.9. The first-order valence-electron chi connectivity index (χ1n) is 15.5. The molecule has 2 aromatic heterocycles. The lowest BCUT2D eigenvalue weighted by Crippen LogP contribution is -2.51. The van der Waals surface area contributed by atoms with E-state index in [1.54, 1.807) is 0 Å². The Balaban J connectivity index is 1.39. The van der Waals surface area contributed by atoms with E-state index in [1.807, 2.05) is 4.90 Å². The molecule has 0 unspecified atom stereocenters. The molecule has 2 bridgehead atoms. The maximum absolute atomic E-state index is 14.7. The molecule has 0 spiro atoms. The highest BCUT2D eigenvalue weighted by Gasteiger charge is 2.49. The lowest BCUT2D eigenvalue weighted by molar-refractivity contribution is -0.137. The van der Waals surface area contributed by atoms with Crippen molar-refractivity contribution in [2.75, 3.05) is 37.6 Å². The van der Waals surface area contributed by atoms with Gasteiger partial charge in [0, 0.05) is 46.9 Å². The Morgan fingerprint density at radius 3 is 2.74 bits per heavy atom. The molecule has 4 atom stereocenters. The van der Waals surface area contributed by atoms with E-state index >= 15 is 0 Å². The van der Waals surface area contributed by atoms with Crippen LogP contribution in [-0.2, 0) is 6.18 Å². The fourth-order valence-corrected chi connectivity index (χ4v) is 6.81. The predicted molar refractivity (Wildman–Crippen MR) is 145 cm³/mol. The van der Waals surface area contributed by atoms with Gasteiger partial charge in [-0.05, 0) is 38.2 Å². The monoisotopic (exact) mass is 613 g/mol. The van der Waals surface area contributed by atoms with E-state index in [2.05, 4.69) is 20.4 Å². The summed E-state index contributed by atoms with van der Waals surface area (Å²) in [5, 5.41) is 16.7. The Morgan fingerprint density at radius 1 is 1.24 bits per heavy atom. The molecule has 4 saturated heterocycles. The van der Waals surface area contributed by atoms with E-state index in [0.717, 1.165) is 23.9 Å². The summed E-state index contributed by atoms with van der Waals surface area (Å²) >= 11 is 5.85. The van der Waals surface area contributed by atoms with Crippen LogP contribution in [0.25, 0.3) is 16.6 Å². The van der Waals surface area contributed by atoms with Crippen LogP contribution in [0.15, 0.2) is 23.1 Å². The molecule has 4 fully saturated rings. The SMILES string of the molecule is [2H]C1([2H])CC[C@@]2(C([2H])([2H])Oc3nc(N4C[C@H]5CC[C@@H](C4)N5)c4cnn(-c5cc(O)cc(Cl)c5C(F)(F)F)c(=O)c4n3)C[C@@H](F)CN12. The van der Waals surface area contributed by atoms with Gasteiger partial charge in [0.2, 0.25) is 0 Å². The number of nitrogens with one attached hydrogen (secondary N) is 1. The molecule has 2 N–H and O–H groups in total. The zero-order valence-corrected chi connectivity index (χ0v) is 22.7. The fraction of sp³-hybridized carbons (Fsp3) is 0.556. The number of benzene rings is 1. The smallest absolute Gasteiger partial charge is 0.419 e. The van der Waals surface area contributed by atoms with Gasteiger partial charge in [-0.25, -0.2) is 4.39 Å². The summed E-state index contributed by atoms with van der Waals surface area (Å²) in [5.74, 6) is -0.511. The van der Waals surface area contributed by atoms with Crippen molar-refractivity contribution in [2.45, 2.75) is 62.1 Å². The number of fused-ring (bicyclic) bond motifs is 4.